The quantitative estimate of drug-likeness (QED) is 0.126. The Morgan fingerprint density at radius 1 is 1.60 bits per heavy atom. The van der Waals surface area contributed by atoms with Crippen LogP contribution < -0.4 is 21.2 Å². The van der Waals surface area contributed by atoms with E-state index in [0.717, 1.165) is 0 Å². The number of carbonyl (C=O) groups is 1. The van der Waals surface area contributed by atoms with Crippen LogP contribution in [0.4, 0.5) is 5.82 Å². The predicted octanol–water partition coefficient (Wildman–Crippen LogP) is -2.62. The fraction of sp³-hybridized carbons (Fsp3) is 0.250. The van der Waals surface area contributed by atoms with Crippen molar-refractivity contribution in [2.24, 2.45) is 9.98 Å². The van der Waals surface area contributed by atoms with Crippen LogP contribution in [0.2, 0.25) is 0 Å². The van der Waals surface area contributed by atoms with E-state index in [1.807, 2.05) is 0 Å². The predicted molar refractivity (Wildman–Crippen MR) is 67.1 cm³/mol. The maximum atomic E-state index is 11.9. The summed E-state index contributed by atoms with van der Waals surface area (Å²) >= 11 is -0.852. The van der Waals surface area contributed by atoms with E-state index in [1.54, 1.807) is 23.4 Å². The first-order valence-corrected chi connectivity index (χ1v) is 7.72. The Hall–Kier alpha value is -0.138. The molecule has 8 heteroatoms. The van der Waals surface area contributed by atoms with Gasteiger partial charge in [-0.05, 0) is 0 Å². The summed E-state index contributed by atoms with van der Waals surface area (Å²) in [5.41, 5.74) is 0.595. The van der Waals surface area contributed by atoms with Crippen molar-refractivity contribution in [2.75, 3.05) is 6.61 Å². The second-order valence-electron chi connectivity index (χ2n) is 3.77. The zero-order valence-corrected chi connectivity index (χ0v) is 16.9. The second-order valence-corrected chi connectivity index (χ2v) is 6.26. The van der Waals surface area contributed by atoms with Crippen LogP contribution >= 0.6 is 0 Å². The van der Waals surface area contributed by atoms with Crippen LogP contribution in [-0.4, -0.2) is 41.8 Å². The Labute approximate surface area is 151 Å². The van der Waals surface area contributed by atoms with Gasteiger partial charge in [-0.3, -0.25) is 0 Å². The molecule has 0 radical (unpaired) electrons. The maximum Gasteiger partial charge on any atom is 2.00 e. The number of aliphatic hydroxyl groups is 2. The molecular weight excluding hydrogens is 599 g/mol. The minimum absolute atomic E-state index is 0. The van der Waals surface area contributed by atoms with Crippen LogP contribution in [0.1, 0.15) is 16.8 Å². The Morgan fingerprint density at radius 3 is 3.00 bits per heavy atom. The number of halogens is 1. The topological polar surface area (TPSA) is 87.2 Å². The van der Waals surface area contributed by atoms with Crippen molar-refractivity contribution in [1.29, 1.82) is 0 Å². The van der Waals surface area contributed by atoms with Gasteiger partial charge in [0.05, 0.1) is 0 Å². The minimum atomic E-state index is -0.852. The van der Waals surface area contributed by atoms with Gasteiger partial charge in [0.25, 0.3) is 0 Å². The molecule has 1 aliphatic rings. The largest absolute Gasteiger partial charge is 2.00 e. The molecule has 0 amide bonds. The summed E-state index contributed by atoms with van der Waals surface area (Å²) in [6.07, 6.45) is 2.73. The van der Waals surface area contributed by atoms with Crippen molar-refractivity contribution >= 4 is 20.2 Å². The first kappa shape index (κ1) is 17.9. The molecule has 106 valence electrons. The zero-order chi connectivity index (χ0) is 13.8. The summed E-state index contributed by atoms with van der Waals surface area (Å²) in [5.74, 6) is 0.537. The number of aromatic nitrogens is 1. The van der Waals surface area contributed by atoms with E-state index in [4.69, 9.17) is 5.11 Å². The van der Waals surface area contributed by atoms with E-state index in [-0.39, 0.29) is 41.5 Å². The van der Waals surface area contributed by atoms with Crippen LogP contribution in [0, 0.1) is 44.1 Å². The van der Waals surface area contributed by atoms with Crippen molar-refractivity contribution in [3.05, 3.63) is 30.8 Å². The maximum absolute atomic E-state index is 11.9. The molecule has 0 aliphatic carbocycles. The molecule has 0 saturated heterocycles. The van der Waals surface area contributed by atoms with Crippen molar-refractivity contribution in [2.45, 2.75) is 12.5 Å². The fourth-order valence-corrected chi connectivity index (χ4v) is 3.27. The molecule has 1 aromatic heterocycles. The molecular formula is C12H13IN3O3U-. The van der Waals surface area contributed by atoms with Gasteiger partial charge in [0.15, 0.2) is 0 Å². The van der Waals surface area contributed by atoms with E-state index in [0.29, 0.717) is 21.6 Å². The van der Waals surface area contributed by atoms with Gasteiger partial charge in [-0.25, -0.2) is 0 Å². The SMILES string of the molecule is C=NC1=Nc2c(ccn2[CH-]CC(O)[CH-]CO)C(=O)[I-]1.[U+2]. The molecule has 6 nitrogen and oxygen atoms in total. The van der Waals surface area contributed by atoms with Gasteiger partial charge < -0.3 is 0 Å². The molecule has 0 aromatic carbocycles. The third kappa shape index (κ3) is 4.18. The second kappa shape index (κ2) is 8.34. The van der Waals surface area contributed by atoms with E-state index < -0.39 is 27.3 Å². The summed E-state index contributed by atoms with van der Waals surface area (Å²) in [5, 5.41) is 18.2. The van der Waals surface area contributed by atoms with E-state index in [2.05, 4.69) is 16.7 Å². The van der Waals surface area contributed by atoms with Gasteiger partial charge in [0, 0.05) is 0 Å². The van der Waals surface area contributed by atoms with Gasteiger partial charge in [-0.2, -0.15) is 0 Å². The number of aliphatic imine (C=N–C) groups is 2. The van der Waals surface area contributed by atoms with Crippen LogP contribution in [0.3, 0.4) is 0 Å². The van der Waals surface area contributed by atoms with E-state index in [1.165, 1.54) is 6.42 Å². The fourth-order valence-electron chi connectivity index (χ4n) is 1.60. The summed E-state index contributed by atoms with van der Waals surface area (Å²) < 4.78 is 2.27. The number of aliphatic hydroxyl groups excluding tert-OH is 2. The van der Waals surface area contributed by atoms with Crippen molar-refractivity contribution in [3.63, 3.8) is 0 Å². The number of fused-ring (bicyclic) bond motifs is 1. The van der Waals surface area contributed by atoms with Gasteiger partial charge >= 0.3 is 152 Å². The van der Waals surface area contributed by atoms with Crippen molar-refractivity contribution in [1.82, 2.24) is 4.57 Å². The molecule has 0 fully saturated rings. The van der Waals surface area contributed by atoms with Crippen LogP contribution in [0.5, 0.6) is 0 Å². The average molecular weight is 612 g/mol. The van der Waals surface area contributed by atoms with Crippen LogP contribution in [-0.2, 0) is 0 Å². The van der Waals surface area contributed by atoms with Crippen molar-refractivity contribution < 1.29 is 67.3 Å². The molecule has 1 atom stereocenters. The molecule has 1 aliphatic heterocycles. The van der Waals surface area contributed by atoms with Crippen LogP contribution in [0.15, 0.2) is 22.2 Å². The first-order chi connectivity index (χ1) is 9.15. The Balaban J connectivity index is 0.00000200. The molecule has 2 heterocycles. The molecule has 0 saturated carbocycles. The number of nitrogens with zero attached hydrogens (tertiary/aromatic N) is 3. The summed E-state index contributed by atoms with van der Waals surface area (Å²) in [6.45, 7) is 4.95. The van der Waals surface area contributed by atoms with Gasteiger partial charge in [0.2, 0.25) is 0 Å². The van der Waals surface area contributed by atoms with Crippen LogP contribution in [0.25, 0.3) is 0 Å². The van der Waals surface area contributed by atoms with Gasteiger partial charge in [-0.15, -0.1) is 0 Å². The standard InChI is InChI=1S/C12H13IN3O3.U/c1-14-12-13-10(19)9-3-6-16(11(9)15-12)5-2-8(18)4-7-17;/h3-6,8,17-18H,1-2,7H2;/q-3;+2. The normalized spacial score (nSPS) is 15.3. The molecule has 20 heavy (non-hydrogen) atoms. The number of carbonyl (C=O) groups excluding carboxylic acids is 1. The molecule has 0 bridgehead atoms. The number of hydrogen-bond donors (Lipinski definition) is 2. The Morgan fingerprint density at radius 2 is 2.35 bits per heavy atom. The third-order valence-corrected chi connectivity index (χ3v) is 4.65. The smallest absolute Gasteiger partial charge is 2.00 e. The average Bonchev–Trinajstić information content (AvgIpc) is 2.80. The van der Waals surface area contributed by atoms with Crippen molar-refractivity contribution in [3.8, 4) is 0 Å². The number of amidine groups is 1. The van der Waals surface area contributed by atoms with Gasteiger partial charge in [0.1, 0.15) is 0 Å². The first-order valence-electron chi connectivity index (χ1n) is 5.56. The molecule has 1 unspecified atom stereocenters. The number of hydrogen-bond acceptors (Lipinski definition) is 5. The minimum Gasteiger partial charge on any atom is 2.00 e. The summed E-state index contributed by atoms with van der Waals surface area (Å²) in [6, 6.07) is 1.72. The molecule has 0 spiro atoms. The van der Waals surface area contributed by atoms with E-state index >= 15 is 0 Å². The monoisotopic (exact) mass is 612 g/mol. The molecule has 2 rings (SSSR count). The zero-order valence-electron chi connectivity index (χ0n) is 10.5. The molecule has 1 aromatic rings. The third-order valence-electron chi connectivity index (χ3n) is 2.52. The molecule has 2 N–H and O–H groups in total. The summed E-state index contributed by atoms with van der Waals surface area (Å²) in [4.78, 5) is 19.9. The Bertz CT molecular complexity index is 530. The van der Waals surface area contributed by atoms with Gasteiger partial charge in [-0.1, -0.05) is 0 Å². The number of rotatable bonds is 5. The van der Waals surface area contributed by atoms with E-state index in [9.17, 15) is 9.90 Å². The summed E-state index contributed by atoms with van der Waals surface area (Å²) in [7, 11) is 0. The Kier molecular flexibility index (Phi) is 7.47.